The van der Waals surface area contributed by atoms with Crippen molar-refractivity contribution in [2.24, 2.45) is 5.92 Å². The number of pyridine rings is 2. The van der Waals surface area contributed by atoms with Crippen LogP contribution in [0, 0.1) is 5.92 Å². The number of hydrogen-bond donors (Lipinski definition) is 1. The summed E-state index contributed by atoms with van der Waals surface area (Å²) < 4.78 is 5.62. The molecule has 2 aliphatic rings. The van der Waals surface area contributed by atoms with E-state index >= 15 is 0 Å². The molecule has 2 aromatic heterocycles. The molecule has 1 N–H and O–H groups in total. The van der Waals surface area contributed by atoms with Crippen molar-refractivity contribution in [3.63, 3.8) is 0 Å². The molecule has 1 saturated carbocycles. The number of rotatable bonds is 2. The molecule has 3 unspecified atom stereocenters. The third-order valence-electron chi connectivity index (χ3n) is 5.23. The van der Waals surface area contributed by atoms with Crippen LogP contribution < -0.4 is 0 Å². The van der Waals surface area contributed by atoms with Gasteiger partial charge in [-0.15, -0.1) is 0 Å². The second-order valence-corrected chi connectivity index (χ2v) is 6.55. The number of morpholine rings is 1. The Morgan fingerprint density at radius 3 is 3.04 bits per heavy atom. The predicted molar refractivity (Wildman–Crippen MR) is 88.5 cm³/mol. The lowest BCUT2D eigenvalue weighted by Crippen LogP contribution is -2.53. The molecular weight excluding hydrogens is 306 g/mol. The van der Waals surface area contributed by atoms with E-state index in [0.717, 1.165) is 30.2 Å². The molecule has 0 spiro atoms. The largest absolute Gasteiger partial charge is 0.393 e. The number of fused-ring (bicyclic) bond motifs is 1. The highest BCUT2D eigenvalue weighted by Crippen LogP contribution is 2.33. The molecule has 0 bridgehead atoms. The van der Waals surface area contributed by atoms with Crippen LogP contribution in [0.5, 0.6) is 0 Å². The number of nitrogens with zero attached hydrogens (tertiary/aromatic N) is 3. The van der Waals surface area contributed by atoms with Crippen molar-refractivity contribution < 1.29 is 14.6 Å². The van der Waals surface area contributed by atoms with Crippen LogP contribution in [0.3, 0.4) is 0 Å². The van der Waals surface area contributed by atoms with Gasteiger partial charge in [-0.1, -0.05) is 6.42 Å². The van der Waals surface area contributed by atoms with Crippen LogP contribution in [0.25, 0.3) is 10.9 Å². The number of aromatic nitrogens is 2. The van der Waals surface area contributed by atoms with E-state index in [0.29, 0.717) is 25.3 Å². The van der Waals surface area contributed by atoms with E-state index in [4.69, 9.17) is 4.74 Å². The van der Waals surface area contributed by atoms with Crippen molar-refractivity contribution in [3.8, 4) is 0 Å². The van der Waals surface area contributed by atoms with Crippen molar-refractivity contribution in [3.05, 3.63) is 36.3 Å². The van der Waals surface area contributed by atoms with E-state index in [1.807, 2.05) is 11.0 Å². The van der Waals surface area contributed by atoms with Gasteiger partial charge in [0.05, 0.1) is 36.4 Å². The Morgan fingerprint density at radius 2 is 2.21 bits per heavy atom. The summed E-state index contributed by atoms with van der Waals surface area (Å²) in [5.41, 5.74) is 1.38. The van der Waals surface area contributed by atoms with E-state index in [-0.39, 0.29) is 24.0 Å². The molecule has 4 rings (SSSR count). The Kier molecular flexibility index (Phi) is 4.16. The molecule has 1 saturated heterocycles. The Hall–Kier alpha value is -2.05. The standard InChI is InChI=1S/C18H21N3O3/c22-17-3-1-2-13(17)16-11-24-9-8-21(16)18(23)12-4-7-20-15-5-6-19-10-14(12)15/h4-7,10,13,16-17,22H,1-3,8-9,11H2. The molecule has 24 heavy (non-hydrogen) atoms. The first kappa shape index (κ1) is 15.5. The van der Waals surface area contributed by atoms with Gasteiger partial charge in [0, 0.05) is 36.4 Å². The maximum absolute atomic E-state index is 13.2. The highest BCUT2D eigenvalue weighted by Gasteiger charge is 2.39. The smallest absolute Gasteiger partial charge is 0.255 e. The molecular formula is C18H21N3O3. The van der Waals surface area contributed by atoms with Crippen molar-refractivity contribution in [1.82, 2.24) is 14.9 Å². The van der Waals surface area contributed by atoms with E-state index in [9.17, 15) is 9.90 Å². The van der Waals surface area contributed by atoms with Gasteiger partial charge in [-0.3, -0.25) is 14.8 Å². The van der Waals surface area contributed by atoms with Crippen molar-refractivity contribution >= 4 is 16.8 Å². The lowest BCUT2D eigenvalue weighted by Gasteiger charge is -2.40. The zero-order chi connectivity index (χ0) is 16.5. The van der Waals surface area contributed by atoms with Gasteiger partial charge < -0.3 is 14.7 Å². The Bertz CT molecular complexity index is 746. The maximum Gasteiger partial charge on any atom is 0.255 e. The molecule has 2 fully saturated rings. The molecule has 6 heteroatoms. The first-order chi connectivity index (χ1) is 11.8. The van der Waals surface area contributed by atoms with E-state index in [1.54, 1.807) is 24.7 Å². The normalized spacial score (nSPS) is 27.5. The average molecular weight is 327 g/mol. The molecule has 3 atom stereocenters. The highest BCUT2D eigenvalue weighted by atomic mass is 16.5. The van der Waals surface area contributed by atoms with Crippen molar-refractivity contribution in [2.45, 2.75) is 31.4 Å². The third-order valence-corrected chi connectivity index (χ3v) is 5.23. The SMILES string of the molecule is O=C(c1ccnc2ccncc12)N1CCOCC1C1CCCC1O. The summed E-state index contributed by atoms with van der Waals surface area (Å²) in [5, 5.41) is 11.0. The fourth-order valence-corrected chi connectivity index (χ4v) is 3.98. The molecule has 0 aromatic carbocycles. The number of amides is 1. The topological polar surface area (TPSA) is 75.6 Å². The van der Waals surface area contributed by atoms with Crippen molar-refractivity contribution in [1.29, 1.82) is 0 Å². The number of aliphatic hydroxyl groups excluding tert-OH is 1. The first-order valence-corrected chi connectivity index (χ1v) is 8.51. The summed E-state index contributed by atoms with van der Waals surface area (Å²) in [6.45, 7) is 1.58. The van der Waals surface area contributed by atoms with Crippen LogP contribution >= 0.6 is 0 Å². The lowest BCUT2D eigenvalue weighted by atomic mass is 9.93. The maximum atomic E-state index is 13.2. The Labute approximate surface area is 140 Å². The third kappa shape index (κ3) is 2.65. The first-order valence-electron chi connectivity index (χ1n) is 8.51. The fraction of sp³-hybridized carbons (Fsp3) is 0.500. The predicted octanol–water partition coefficient (Wildman–Crippen LogP) is 1.63. The summed E-state index contributed by atoms with van der Waals surface area (Å²) in [6, 6.07) is 3.50. The zero-order valence-electron chi connectivity index (χ0n) is 13.5. The molecule has 126 valence electrons. The fourth-order valence-electron chi connectivity index (χ4n) is 3.98. The molecule has 2 aromatic rings. The molecule has 1 amide bonds. The van der Waals surface area contributed by atoms with Crippen LogP contribution in [0.2, 0.25) is 0 Å². The van der Waals surface area contributed by atoms with Crippen LogP contribution in [0.4, 0.5) is 0 Å². The van der Waals surface area contributed by atoms with E-state index in [1.165, 1.54) is 0 Å². The summed E-state index contributed by atoms with van der Waals surface area (Å²) in [6.07, 6.45) is 7.44. The molecule has 6 nitrogen and oxygen atoms in total. The summed E-state index contributed by atoms with van der Waals surface area (Å²) in [4.78, 5) is 23.5. The van der Waals surface area contributed by atoms with Gasteiger partial charge in [0.1, 0.15) is 0 Å². The van der Waals surface area contributed by atoms with Crippen molar-refractivity contribution in [2.75, 3.05) is 19.8 Å². The van der Waals surface area contributed by atoms with Gasteiger partial charge in [-0.25, -0.2) is 0 Å². The average Bonchev–Trinajstić information content (AvgIpc) is 3.06. The monoisotopic (exact) mass is 327 g/mol. The number of ether oxygens (including phenoxy) is 1. The van der Waals surface area contributed by atoms with Gasteiger partial charge in [0.15, 0.2) is 0 Å². The van der Waals surface area contributed by atoms with Crippen LogP contribution in [-0.2, 0) is 4.74 Å². The Morgan fingerprint density at radius 1 is 1.29 bits per heavy atom. The number of aliphatic hydroxyl groups is 1. The second kappa shape index (κ2) is 6.45. The Balaban J connectivity index is 1.68. The molecule has 1 aliphatic heterocycles. The van der Waals surface area contributed by atoms with Gasteiger partial charge in [-0.2, -0.15) is 0 Å². The molecule has 3 heterocycles. The number of carbonyl (C=O) groups is 1. The van der Waals surface area contributed by atoms with Gasteiger partial charge in [0.25, 0.3) is 5.91 Å². The van der Waals surface area contributed by atoms with Crippen LogP contribution in [0.1, 0.15) is 29.6 Å². The van der Waals surface area contributed by atoms with E-state index < -0.39 is 0 Å². The van der Waals surface area contributed by atoms with Gasteiger partial charge in [0.2, 0.25) is 0 Å². The second-order valence-electron chi connectivity index (χ2n) is 6.55. The molecule has 0 radical (unpaired) electrons. The minimum absolute atomic E-state index is 0.0252. The summed E-state index contributed by atoms with van der Waals surface area (Å²) in [5.74, 6) is 0.0725. The lowest BCUT2D eigenvalue weighted by molar-refractivity contribution is -0.0382. The zero-order valence-corrected chi connectivity index (χ0v) is 13.5. The van der Waals surface area contributed by atoms with E-state index in [2.05, 4.69) is 9.97 Å². The van der Waals surface area contributed by atoms with Gasteiger partial charge in [-0.05, 0) is 25.0 Å². The van der Waals surface area contributed by atoms with Gasteiger partial charge >= 0.3 is 0 Å². The minimum atomic E-state index is -0.345. The summed E-state index contributed by atoms with van der Waals surface area (Å²) >= 11 is 0. The molecule has 1 aliphatic carbocycles. The van der Waals surface area contributed by atoms with Crippen LogP contribution in [0.15, 0.2) is 30.7 Å². The quantitative estimate of drug-likeness (QED) is 0.907. The highest BCUT2D eigenvalue weighted by molar-refractivity contribution is 6.05. The number of hydrogen-bond acceptors (Lipinski definition) is 5. The minimum Gasteiger partial charge on any atom is -0.393 e. The summed E-state index contributed by atoms with van der Waals surface area (Å²) in [7, 11) is 0. The number of carbonyl (C=O) groups excluding carboxylic acids is 1. The van der Waals surface area contributed by atoms with Crippen LogP contribution in [-0.4, -0.2) is 57.8 Å².